The summed E-state index contributed by atoms with van der Waals surface area (Å²) in [5.41, 5.74) is 0. The molecule has 0 heterocycles. The smallest absolute Gasteiger partial charge is 0.147 e. The fourth-order valence-electron chi connectivity index (χ4n) is 1.06. The molecule has 0 saturated carbocycles. The van der Waals surface area contributed by atoms with Crippen molar-refractivity contribution in [1.82, 2.24) is 0 Å². The molecule has 0 aromatic heterocycles. The first kappa shape index (κ1) is 11.9. The van der Waals surface area contributed by atoms with Crippen LogP contribution in [0.15, 0.2) is 0 Å². The minimum Gasteiger partial charge on any atom is -0.393 e. The predicted molar refractivity (Wildman–Crippen MR) is 49.9 cm³/mol. The van der Waals surface area contributed by atoms with Gasteiger partial charge in [-0.2, -0.15) is 0 Å². The molecule has 0 aliphatic rings. The molecule has 0 aliphatic carbocycles. The van der Waals surface area contributed by atoms with E-state index < -0.39 is 9.84 Å². The van der Waals surface area contributed by atoms with Gasteiger partial charge in [0, 0.05) is 12.0 Å². The summed E-state index contributed by atoms with van der Waals surface area (Å²) < 4.78 is 21.4. The van der Waals surface area contributed by atoms with Gasteiger partial charge in [0.05, 0.1) is 6.10 Å². The van der Waals surface area contributed by atoms with Crippen LogP contribution in [0.3, 0.4) is 0 Å². The number of hydrogen-bond acceptors (Lipinski definition) is 3. The SMILES string of the molecule is CCCC(O)CCCS(C)(=O)=O. The Bertz CT molecular complexity index is 196. The minimum atomic E-state index is -2.85. The third kappa shape index (κ3) is 8.01. The molecule has 0 aliphatic heterocycles. The number of aliphatic hydroxyl groups excluding tert-OH is 1. The second-order valence-electron chi connectivity index (χ2n) is 3.21. The molecule has 0 rings (SSSR count). The normalized spacial score (nSPS) is 14.6. The fraction of sp³-hybridized carbons (Fsp3) is 1.00. The molecule has 3 nitrogen and oxygen atoms in total. The van der Waals surface area contributed by atoms with Crippen LogP contribution in [0.5, 0.6) is 0 Å². The van der Waals surface area contributed by atoms with Gasteiger partial charge in [-0.3, -0.25) is 0 Å². The maximum atomic E-state index is 10.7. The summed E-state index contributed by atoms with van der Waals surface area (Å²) in [6.07, 6.45) is 3.78. The lowest BCUT2D eigenvalue weighted by Crippen LogP contribution is -2.09. The average Bonchev–Trinajstić information content (AvgIpc) is 1.84. The van der Waals surface area contributed by atoms with Gasteiger partial charge >= 0.3 is 0 Å². The van der Waals surface area contributed by atoms with E-state index in [1.807, 2.05) is 6.92 Å². The van der Waals surface area contributed by atoms with E-state index >= 15 is 0 Å². The molecule has 0 amide bonds. The summed E-state index contributed by atoms with van der Waals surface area (Å²) >= 11 is 0. The molecule has 0 fully saturated rings. The highest BCUT2D eigenvalue weighted by Crippen LogP contribution is 2.05. The van der Waals surface area contributed by atoms with Crippen LogP contribution in [0.2, 0.25) is 0 Å². The highest BCUT2D eigenvalue weighted by atomic mass is 32.2. The van der Waals surface area contributed by atoms with Gasteiger partial charge in [-0.05, 0) is 19.3 Å². The molecule has 74 valence electrons. The number of hydrogen-bond donors (Lipinski definition) is 1. The summed E-state index contributed by atoms with van der Waals surface area (Å²) in [5.74, 6) is 0.188. The van der Waals surface area contributed by atoms with Gasteiger partial charge in [-0.15, -0.1) is 0 Å². The molecule has 1 atom stereocenters. The molecule has 0 aromatic rings. The van der Waals surface area contributed by atoms with E-state index in [0.717, 1.165) is 12.8 Å². The first-order chi connectivity index (χ1) is 5.45. The Morgan fingerprint density at radius 3 is 2.33 bits per heavy atom. The van der Waals surface area contributed by atoms with E-state index in [0.29, 0.717) is 12.8 Å². The van der Waals surface area contributed by atoms with E-state index in [2.05, 4.69) is 0 Å². The Morgan fingerprint density at radius 2 is 1.92 bits per heavy atom. The van der Waals surface area contributed by atoms with E-state index in [1.54, 1.807) is 0 Å². The third-order valence-electron chi connectivity index (χ3n) is 1.67. The van der Waals surface area contributed by atoms with Crippen LogP contribution in [-0.4, -0.2) is 31.6 Å². The fourth-order valence-corrected chi connectivity index (χ4v) is 1.75. The highest BCUT2D eigenvalue weighted by Gasteiger charge is 2.05. The van der Waals surface area contributed by atoms with Gasteiger partial charge in [0.1, 0.15) is 9.84 Å². The van der Waals surface area contributed by atoms with Gasteiger partial charge in [-0.1, -0.05) is 13.3 Å². The van der Waals surface area contributed by atoms with Crippen LogP contribution in [0.25, 0.3) is 0 Å². The van der Waals surface area contributed by atoms with Crippen LogP contribution < -0.4 is 0 Å². The van der Waals surface area contributed by atoms with Gasteiger partial charge in [0.15, 0.2) is 0 Å². The number of aliphatic hydroxyl groups is 1. The summed E-state index contributed by atoms with van der Waals surface area (Å²) in [4.78, 5) is 0. The second kappa shape index (κ2) is 5.54. The first-order valence-electron chi connectivity index (χ1n) is 4.31. The van der Waals surface area contributed by atoms with Crippen molar-refractivity contribution < 1.29 is 13.5 Å². The van der Waals surface area contributed by atoms with Gasteiger partial charge in [0.2, 0.25) is 0 Å². The topological polar surface area (TPSA) is 54.4 Å². The summed E-state index contributed by atoms with van der Waals surface area (Å²) in [7, 11) is -2.85. The van der Waals surface area contributed by atoms with Crippen LogP contribution in [-0.2, 0) is 9.84 Å². The monoisotopic (exact) mass is 194 g/mol. The van der Waals surface area contributed by atoms with Crippen molar-refractivity contribution in [3.05, 3.63) is 0 Å². The molecule has 0 spiro atoms. The van der Waals surface area contributed by atoms with Crippen LogP contribution in [0.4, 0.5) is 0 Å². The Kier molecular flexibility index (Phi) is 5.50. The first-order valence-corrected chi connectivity index (χ1v) is 6.37. The third-order valence-corrected chi connectivity index (χ3v) is 2.70. The number of sulfone groups is 1. The van der Waals surface area contributed by atoms with Crippen molar-refractivity contribution in [2.75, 3.05) is 12.0 Å². The molecular weight excluding hydrogens is 176 g/mol. The van der Waals surface area contributed by atoms with E-state index in [-0.39, 0.29) is 11.9 Å². The maximum Gasteiger partial charge on any atom is 0.147 e. The molecule has 1 N–H and O–H groups in total. The molecule has 12 heavy (non-hydrogen) atoms. The summed E-state index contributed by atoms with van der Waals surface area (Å²) in [6, 6.07) is 0. The summed E-state index contributed by atoms with van der Waals surface area (Å²) in [5, 5.41) is 9.25. The molecule has 0 saturated heterocycles. The quantitative estimate of drug-likeness (QED) is 0.685. The van der Waals surface area contributed by atoms with Gasteiger partial charge < -0.3 is 5.11 Å². The Balaban J connectivity index is 3.44. The zero-order chi connectivity index (χ0) is 9.61. The van der Waals surface area contributed by atoms with Crippen molar-refractivity contribution in [3.63, 3.8) is 0 Å². The molecule has 0 aromatic carbocycles. The second-order valence-corrected chi connectivity index (χ2v) is 5.47. The molecule has 0 bridgehead atoms. The molecule has 4 heteroatoms. The predicted octanol–water partition coefficient (Wildman–Crippen LogP) is 0.972. The van der Waals surface area contributed by atoms with Crippen molar-refractivity contribution in [2.45, 2.75) is 38.7 Å². The van der Waals surface area contributed by atoms with Crippen molar-refractivity contribution >= 4 is 9.84 Å². The largest absolute Gasteiger partial charge is 0.393 e. The summed E-state index contributed by atoms with van der Waals surface area (Å²) in [6.45, 7) is 2.00. The molecule has 0 radical (unpaired) electrons. The maximum absolute atomic E-state index is 10.7. The van der Waals surface area contributed by atoms with Crippen molar-refractivity contribution in [2.24, 2.45) is 0 Å². The van der Waals surface area contributed by atoms with Crippen LogP contribution in [0, 0.1) is 0 Å². The lowest BCUT2D eigenvalue weighted by molar-refractivity contribution is 0.153. The van der Waals surface area contributed by atoms with Gasteiger partial charge in [-0.25, -0.2) is 8.42 Å². The lowest BCUT2D eigenvalue weighted by atomic mass is 10.1. The van der Waals surface area contributed by atoms with Crippen molar-refractivity contribution in [3.8, 4) is 0 Å². The van der Waals surface area contributed by atoms with E-state index in [1.165, 1.54) is 6.26 Å². The van der Waals surface area contributed by atoms with Crippen molar-refractivity contribution in [1.29, 1.82) is 0 Å². The lowest BCUT2D eigenvalue weighted by Gasteiger charge is -2.07. The minimum absolute atomic E-state index is 0.188. The molecular formula is C8H18O3S. The van der Waals surface area contributed by atoms with E-state index in [9.17, 15) is 13.5 Å². The Labute approximate surface area is 74.7 Å². The average molecular weight is 194 g/mol. The van der Waals surface area contributed by atoms with Gasteiger partial charge in [0.25, 0.3) is 0 Å². The Morgan fingerprint density at radius 1 is 1.33 bits per heavy atom. The number of rotatable bonds is 6. The molecule has 1 unspecified atom stereocenters. The van der Waals surface area contributed by atoms with Crippen LogP contribution in [0.1, 0.15) is 32.6 Å². The van der Waals surface area contributed by atoms with E-state index in [4.69, 9.17) is 0 Å². The highest BCUT2D eigenvalue weighted by molar-refractivity contribution is 7.90. The zero-order valence-electron chi connectivity index (χ0n) is 7.78. The zero-order valence-corrected chi connectivity index (χ0v) is 8.60. The van der Waals surface area contributed by atoms with Crippen LogP contribution >= 0.6 is 0 Å². The Hall–Kier alpha value is -0.0900. The standard InChI is InChI=1S/C8H18O3S/c1-3-5-8(9)6-4-7-12(2,10)11/h8-9H,3-7H2,1-2H3.